The van der Waals surface area contributed by atoms with Crippen molar-refractivity contribution in [1.29, 1.82) is 0 Å². The molecule has 0 radical (unpaired) electrons. The van der Waals surface area contributed by atoms with Crippen LogP contribution in [0, 0.1) is 0 Å². The van der Waals surface area contributed by atoms with E-state index in [1.54, 1.807) is 0 Å². The fraction of sp³-hybridized carbons (Fsp3) is 0.730. The molecule has 0 aromatic rings. The van der Waals surface area contributed by atoms with Gasteiger partial charge in [-0.3, -0.25) is 14.4 Å². The van der Waals surface area contributed by atoms with Crippen molar-refractivity contribution in [2.24, 2.45) is 0 Å². The summed E-state index contributed by atoms with van der Waals surface area (Å²) in [6.45, 7) is 6.48. The molecule has 1 unspecified atom stereocenters. The van der Waals surface area contributed by atoms with Gasteiger partial charge in [0.25, 0.3) is 0 Å². The second kappa shape index (κ2) is 57.2. The number of ether oxygens (including phenoxy) is 3. The smallest absolute Gasteiger partial charge is 0.306 e. The lowest BCUT2D eigenvalue weighted by Crippen LogP contribution is -2.30. The highest BCUT2D eigenvalue weighted by molar-refractivity contribution is 5.71. The Kier molecular flexibility index (Phi) is 54.3. The van der Waals surface area contributed by atoms with E-state index in [9.17, 15) is 14.4 Å². The van der Waals surface area contributed by atoms with Crippen LogP contribution < -0.4 is 0 Å². The van der Waals surface area contributed by atoms with Crippen LogP contribution >= 0.6 is 0 Å². The lowest BCUT2D eigenvalue weighted by Gasteiger charge is -2.18. The van der Waals surface area contributed by atoms with E-state index in [2.05, 4.69) is 106 Å². The summed E-state index contributed by atoms with van der Waals surface area (Å²) >= 11 is 0. The number of allylic oxidation sites excluding steroid dienone is 14. The van der Waals surface area contributed by atoms with Crippen LogP contribution in [0.2, 0.25) is 0 Å². The topological polar surface area (TPSA) is 78.9 Å². The van der Waals surface area contributed by atoms with Crippen molar-refractivity contribution in [3.63, 3.8) is 0 Å². The third-order valence-corrected chi connectivity index (χ3v) is 12.4. The Morgan fingerprint density at radius 2 is 0.565 bits per heavy atom. The molecular formula is C63H108O6. The van der Waals surface area contributed by atoms with E-state index in [4.69, 9.17) is 14.2 Å². The highest BCUT2D eigenvalue weighted by Gasteiger charge is 2.19. The first-order valence-electron chi connectivity index (χ1n) is 29.1. The molecule has 0 aromatic carbocycles. The molecule has 6 heteroatoms. The van der Waals surface area contributed by atoms with Crippen LogP contribution in [0.15, 0.2) is 85.1 Å². The quantitative estimate of drug-likeness (QED) is 0.0262. The van der Waals surface area contributed by atoms with E-state index in [0.29, 0.717) is 19.3 Å². The summed E-state index contributed by atoms with van der Waals surface area (Å²) in [4.78, 5) is 38.2. The highest BCUT2D eigenvalue weighted by atomic mass is 16.6. The average molecular weight is 962 g/mol. The first kappa shape index (κ1) is 65.6. The second-order valence-corrected chi connectivity index (χ2v) is 19.2. The molecule has 6 nitrogen and oxygen atoms in total. The lowest BCUT2D eigenvalue weighted by molar-refractivity contribution is -0.167. The van der Waals surface area contributed by atoms with Gasteiger partial charge in [0.05, 0.1) is 0 Å². The summed E-state index contributed by atoms with van der Waals surface area (Å²) in [5.41, 5.74) is 0. The van der Waals surface area contributed by atoms with Crippen molar-refractivity contribution in [2.75, 3.05) is 13.2 Å². The minimum atomic E-state index is -0.795. The molecule has 0 aliphatic carbocycles. The number of rotatable bonds is 52. The number of carbonyl (C=O) groups is 3. The SMILES string of the molecule is CC/C=C\C/C=C\C/C=C\C/C=C\C/C=C\CCCCCC(=O)OCC(COC(=O)CCCCCCC/C=C\CCCCCC)OC(=O)CCCCCCCCCCC/C=C\CCCCCCCC. The van der Waals surface area contributed by atoms with Crippen molar-refractivity contribution in [2.45, 2.75) is 284 Å². The number of hydrogen-bond donors (Lipinski definition) is 0. The molecule has 0 saturated carbocycles. The van der Waals surface area contributed by atoms with Crippen LogP contribution in [0.3, 0.4) is 0 Å². The van der Waals surface area contributed by atoms with E-state index >= 15 is 0 Å². The fourth-order valence-electron chi connectivity index (χ4n) is 7.99. The van der Waals surface area contributed by atoms with Gasteiger partial charge in [-0.2, -0.15) is 0 Å². The van der Waals surface area contributed by atoms with Crippen LogP contribution in [-0.2, 0) is 28.6 Å². The highest BCUT2D eigenvalue weighted by Crippen LogP contribution is 2.15. The summed E-state index contributed by atoms with van der Waals surface area (Å²) in [7, 11) is 0. The number of unbranched alkanes of at least 4 members (excludes halogenated alkanes) is 27. The molecule has 0 fully saturated rings. The first-order valence-corrected chi connectivity index (χ1v) is 29.1. The lowest BCUT2D eigenvalue weighted by atomic mass is 10.1. The molecule has 0 saturated heterocycles. The van der Waals surface area contributed by atoms with Crippen LogP contribution in [0.5, 0.6) is 0 Å². The Morgan fingerprint density at radius 1 is 0.304 bits per heavy atom. The van der Waals surface area contributed by atoms with E-state index in [1.165, 1.54) is 135 Å². The molecule has 69 heavy (non-hydrogen) atoms. The van der Waals surface area contributed by atoms with Gasteiger partial charge in [0.2, 0.25) is 0 Å². The Hall–Kier alpha value is -3.41. The zero-order valence-electron chi connectivity index (χ0n) is 45.3. The standard InChI is InChI=1S/C63H108O6/c1-4-7-10-13-16-19-22-25-27-29-31-33-35-38-41-44-47-50-53-56-62(65)68-59-60(58-67-61(64)55-52-49-46-43-40-37-24-21-18-15-12-9-6-3)69-63(66)57-54-51-48-45-42-39-36-34-32-30-28-26-23-20-17-14-11-8-5-2/h7,10,16,19,21,24-28,31,33,38,41,60H,4-6,8-9,11-15,17-18,20,22-23,29-30,32,34-37,39-40,42-59H2,1-3H3/b10-7-,19-16-,24-21-,27-25-,28-26-,33-31-,41-38-. The molecule has 1 atom stereocenters. The van der Waals surface area contributed by atoms with Crippen molar-refractivity contribution >= 4 is 17.9 Å². The largest absolute Gasteiger partial charge is 0.462 e. The van der Waals surface area contributed by atoms with Gasteiger partial charge < -0.3 is 14.2 Å². The third kappa shape index (κ3) is 55.4. The Balaban J connectivity index is 4.43. The molecule has 0 aliphatic heterocycles. The van der Waals surface area contributed by atoms with E-state index in [0.717, 1.165) is 103 Å². The number of hydrogen-bond acceptors (Lipinski definition) is 6. The van der Waals surface area contributed by atoms with Gasteiger partial charge in [0.15, 0.2) is 6.10 Å². The Bertz CT molecular complexity index is 1330. The summed E-state index contributed by atoms with van der Waals surface area (Å²) in [6.07, 6.45) is 74.3. The predicted molar refractivity (Wildman–Crippen MR) is 297 cm³/mol. The third-order valence-electron chi connectivity index (χ3n) is 12.4. The Labute approximate surface area is 426 Å². The van der Waals surface area contributed by atoms with Crippen LogP contribution in [-0.4, -0.2) is 37.2 Å². The van der Waals surface area contributed by atoms with Crippen LogP contribution in [0.4, 0.5) is 0 Å². The minimum absolute atomic E-state index is 0.0919. The minimum Gasteiger partial charge on any atom is -0.462 e. The van der Waals surface area contributed by atoms with Gasteiger partial charge >= 0.3 is 17.9 Å². The van der Waals surface area contributed by atoms with Gasteiger partial charge in [0.1, 0.15) is 13.2 Å². The molecule has 0 bridgehead atoms. The second-order valence-electron chi connectivity index (χ2n) is 19.2. The molecule has 0 spiro atoms. The van der Waals surface area contributed by atoms with E-state index in [-0.39, 0.29) is 31.1 Å². The summed E-state index contributed by atoms with van der Waals surface area (Å²) in [5, 5.41) is 0. The van der Waals surface area contributed by atoms with Gasteiger partial charge in [-0.25, -0.2) is 0 Å². The molecule has 0 amide bonds. The van der Waals surface area contributed by atoms with Crippen molar-refractivity contribution in [3.05, 3.63) is 85.1 Å². The van der Waals surface area contributed by atoms with Gasteiger partial charge in [-0.05, 0) is 116 Å². The maximum Gasteiger partial charge on any atom is 0.306 e. The summed E-state index contributed by atoms with van der Waals surface area (Å²) in [5.74, 6) is -0.929. The molecule has 0 aromatic heterocycles. The maximum absolute atomic E-state index is 12.9. The van der Waals surface area contributed by atoms with E-state index in [1.807, 2.05) is 0 Å². The summed E-state index contributed by atoms with van der Waals surface area (Å²) in [6, 6.07) is 0. The molecule has 0 aliphatic rings. The molecule has 0 heterocycles. The van der Waals surface area contributed by atoms with Crippen molar-refractivity contribution in [3.8, 4) is 0 Å². The fourth-order valence-corrected chi connectivity index (χ4v) is 7.99. The number of esters is 3. The van der Waals surface area contributed by atoms with Crippen molar-refractivity contribution < 1.29 is 28.6 Å². The zero-order chi connectivity index (χ0) is 50.0. The first-order chi connectivity index (χ1) is 34.0. The summed E-state index contributed by atoms with van der Waals surface area (Å²) < 4.78 is 16.8. The van der Waals surface area contributed by atoms with Gasteiger partial charge in [-0.1, -0.05) is 228 Å². The normalized spacial score (nSPS) is 12.7. The molecule has 0 rings (SSSR count). The number of carbonyl (C=O) groups excluding carboxylic acids is 3. The maximum atomic E-state index is 12.9. The Morgan fingerprint density at radius 3 is 0.928 bits per heavy atom. The zero-order valence-corrected chi connectivity index (χ0v) is 45.3. The predicted octanol–water partition coefficient (Wildman–Crippen LogP) is 19.5. The van der Waals surface area contributed by atoms with E-state index < -0.39 is 6.10 Å². The molecular weight excluding hydrogens is 853 g/mol. The van der Waals surface area contributed by atoms with Crippen molar-refractivity contribution in [1.82, 2.24) is 0 Å². The van der Waals surface area contributed by atoms with Crippen LogP contribution in [0.25, 0.3) is 0 Å². The average Bonchev–Trinajstić information content (AvgIpc) is 3.35. The van der Waals surface area contributed by atoms with Gasteiger partial charge in [-0.15, -0.1) is 0 Å². The molecule has 0 N–H and O–H groups in total. The molecule has 396 valence electrons. The monoisotopic (exact) mass is 961 g/mol. The van der Waals surface area contributed by atoms with Gasteiger partial charge in [0, 0.05) is 19.3 Å². The van der Waals surface area contributed by atoms with Crippen LogP contribution in [0.1, 0.15) is 278 Å².